The molecular weight excluding hydrogens is 269 g/mol. The van der Waals surface area contributed by atoms with E-state index in [1.54, 1.807) is 19.1 Å². The van der Waals surface area contributed by atoms with Crippen molar-refractivity contribution in [1.82, 2.24) is 19.6 Å². The fraction of sp³-hybridized carbons (Fsp3) is 0.0833. The molecule has 3 rings (SSSR count). The van der Waals surface area contributed by atoms with Crippen LogP contribution in [0.4, 0.5) is 15.9 Å². The molecule has 0 aliphatic carbocycles. The molecule has 1 aromatic carbocycles. The van der Waals surface area contributed by atoms with Gasteiger partial charge in [0.2, 0.25) is 0 Å². The first-order valence-corrected chi connectivity index (χ1v) is 5.91. The summed E-state index contributed by atoms with van der Waals surface area (Å²) in [5.41, 5.74) is 1.31. The molecule has 0 aliphatic heterocycles. The fourth-order valence-electron chi connectivity index (χ4n) is 1.75. The Morgan fingerprint density at radius 1 is 1.37 bits per heavy atom. The van der Waals surface area contributed by atoms with E-state index in [0.717, 1.165) is 0 Å². The molecule has 0 unspecified atom stereocenters. The average molecular weight is 278 g/mol. The molecule has 0 atom stereocenters. The lowest BCUT2D eigenvalue weighted by Gasteiger charge is -2.11. The molecule has 5 nitrogen and oxygen atoms in total. The lowest BCUT2D eigenvalue weighted by Crippen LogP contribution is -2.05. The smallest absolute Gasteiger partial charge is 0.255 e. The fourth-order valence-corrected chi connectivity index (χ4v) is 1.91. The second kappa shape index (κ2) is 4.47. The van der Waals surface area contributed by atoms with Crippen molar-refractivity contribution in [1.29, 1.82) is 0 Å². The largest absolute Gasteiger partial charge is 0.340 e. The Kier molecular flexibility index (Phi) is 2.79. The van der Waals surface area contributed by atoms with Crippen molar-refractivity contribution in [3.8, 4) is 0 Å². The molecule has 0 aliphatic rings. The predicted molar refractivity (Wildman–Crippen MR) is 70.2 cm³/mol. The number of halogens is 2. The van der Waals surface area contributed by atoms with Crippen LogP contribution >= 0.6 is 11.6 Å². The first-order chi connectivity index (χ1) is 9.15. The molecule has 0 radical (unpaired) electrons. The highest BCUT2D eigenvalue weighted by atomic mass is 35.5. The second-order valence-electron chi connectivity index (χ2n) is 3.98. The van der Waals surface area contributed by atoms with E-state index >= 15 is 0 Å². The van der Waals surface area contributed by atoms with E-state index in [9.17, 15) is 4.39 Å². The highest BCUT2D eigenvalue weighted by molar-refractivity contribution is 6.30. The number of nitrogens with one attached hydrogen (secondary N) is 1. The Hall–Kier alpha value is -2.21. The molecule has 19 heavy (non-hydrogen) atoms. The van der Waals surface area contributed by atoms with Gasteiger partial charge >= 0.3 is 0 Å². The second-order valence-corrected chi connectivity index (χ2v) is 4.34. The van der Waals surface area contributed by atoms with Crippen LogP contribution in [0.5, 0.6) is 0 Å². The molecule has 0 saturated heterocycles. The number of aromatic nitrogens is 4. The molecule has 1 N–H and O–H groups in total. The summed E-state index contributed by atoms with van der Waals surface area (Å²) in [4.78, 5) is 8.08. The third-order valence-corrected chi connectivity index (χ3v) is 3.06. The minimum atomic E-state index is -0.322. The van der Waals surface area contributed by atoms with Gasteiger partial charge in [-0.1, -0.05) is 17.7 Å². The van der Waals surface area contributed by atoms with E-state index in [1.165, 1.54) is 23.0 Å². The van der Waals surface area contributed by atoms with Crippen molar-refractivity contribution in [2.75, 3.05) is 5.32 Å². The number of fused-ring (bicyclic) bond motifs is 1. The maximum absolute atomic E-state index is 13.2. The summed E-state index contributed by atoms with van der Waals surface area (Å²) in [6, 6.07) is 6.13. The monoisotopic (exact) mass is 277 g/mol. The van der Waals surface area contributed by atoms with Crippen molar-refractivity contribution in [2.24, 2.45) is 0 Å². The summed E-state index contributed by atoms with van der Waals surface area (Å²) in [6.07, 6.45) is 1.38. The molecule has 0 saturated carbocycles. The molecule has 0 amide bonds. The molecule has 0 spiro atoms. The lowest BCUT2D eigenvalue weighted by atomic mass is 10.3. The van der Waals surface area contributed by atoms with Crippen molar-refractivity contribution >= 4 is 28.9 Å². The Morgan fingerprint density at radius 3 is 3.00 bits per heavy atom. The number of benzene rings is 1. The molecule has 2 heterocycles. The van der Waals surface area contributed by atoms with Crippen molar-refractivity contribution < 1.29 is 4.39 Å². The van der Waals surface area contributed by atoms with Crippen LogP contribution in [0.15, 0.2) is 30.6 Å². The third kappa shape index (κ3) is 2.10. The van der Waals surface area contributed by atoms with Crippen molar-refractivity contribution in [3.05, 3.63) is 47.1 Å². The van der Waals surface area contributed by atoms with Crippen LogP contribution in [0.25, 0.3) is 5.78 Å². The van der Waals surface area contributed by atoms with Gasteiger partial charge in [0.15, 0.2) is 0 Å². The molecule has 0 bridgehead atoms. The zero-order chi connectivity index (χ0) is 13.4. The maximum atomic E-state index is 13.2. The van der Waals surface area contributed by atoms with Crippen molar-refractivity contribution in [3.63, 3.8) is 0 Å². The van der Waals surface area contributed by atoms with E-state index in [0.29, 0.717) is 28.0 Å². The van der Waals surface area contributed by atoms with Gasteiger partial charge < -0.3 is 5.32 Å². The Balaban J connectivity index is 2.14. The predicted octanol–water partition coefficient (Wildman–Crippen LogP) is 2.97. The van der Waals surface area contributed by atoms with Crippen LogP contribution in [0.1, 0.15) is 5.56 Å². The molecule has 2 aromatic heterocycles. The minimum Gasteiger partial charge on any atom is -0.340 e. The molecular formula is C12H9ClFN5. The van der Waals surface area contributed by atoms with Gasteiger partial charge in [0.05, 0.1) is 0 Å². The van der Waals surface area contributed by atoms with Crippen LogP contribution in [-0.2, 0) is 0 Å². The standard InChI is InChI=1S/C12H9ClFN5/c1-7-10(13)18-12-15-6-16-19(12)11(7)17-9-4-2-3-8(14)5-9/h2-6,17H,1H3. The number of hydrogen-bond acceptors (Lipinski definition) is 4. The molecule has 0 fully saturated rings. The first kappa shape index (κ1) is 11.9. The quantitative estimate of drug-likeness (QED) is 0.732. The normalized spacial score (nSPS) is 10.9. The topological polar surface area (TPSA) is 55.1 Å². The Bertz CT molecular complexity index is 755. The van der Waals surface area contributed by atoms with Crippen LogP contribution < -0.4 is 5.32 Å². The summed E-state index contributed by atoms with van der Waals surface area (Å²) in [5.74, 6) is 0.672. The van der Waals surface area contributed by atoms with Gasteiger partial charge in [0.1, 0.15) is 23.1 Å². The van der Waals surface area contributed by atoms with Crippen LogP contribution in [0, 0.1) is 12.7 Å². The van der Waals surface area contributed by atoms with E-state index in [2.05, 4.69) is 20.4 Å². The van der Waals surface area contributed by atoms with Gasteiger partial charge in [-0.05, 0) is 25.1 Å². The molecule has 3 aromatic rings. The van der Waals surface area contributed by atoms with Crippen LogP contribution in [0.3, 0.4) is 0 Å². The zero-order valence-electron chi connectivity index (χ0n) is 9.93. The lowest BCUT2D eigenvalue weighted by molar-refractivity contribution is 0.628. The van der Waals surface area contributed by atoms with Crippen LogP contribution in [0.2, 0.25) is 5.15 Å². The molecule has 96 valence electrons. The van der Waals surface area contributed by atoms with Gasteiger partial charge in [-0.3, -0.25) is 0 Å². The van der Waals surface area contributed by atoms with E-state index in [-0.39, 0.29) is 5.82 Å². The summed E-state index contributed by atoms with van der Waals surface area (Å²) in [5, 5.41) is 7.48. The average Bonchev–Trinajstić information content (AvgIpc) is 2.83. The number of anilines is 2. The maximum Gasteiger partial charge on any atom is 0.255 e. The number of rotatable bonds is 2. The van der Waals surface area contributed by atoms with E-state index in [1.807, 2.05) is 0 Å². The Morgan fingerprint density at radius 2 is 2.21 bits per heavy atom. The van der Waals surface area contributed by atoms with E-state index < -0.39 is 0 Å². The number of nitrogens with zero attached hydrogens (tertiary/aromatic N) is 4. The van der Waals surface area contributed by atoms with E-state index in [4.69, 9.17) is 11.6 Å². The molecule has 7 heteroatoms. The van der Waals surface area contributed by atoms with Crippen LogP contribution in [-0.4, -0.2) is 19.6 Å². The van der Waals surface area contributed by atoms with Gasteiger partial charge in [-0.2, -0.15) is 19.6 Å². The van der Waals surface area contributed by atoms with Gasteiger partial charge in [0, 0.05) is 11.3 Å². The van der Waals surface area contributed by atoms with Gasteiger partial charge in [-0.15, -0.1) is 0 Å². The summed E-state index contributed by atoms with van der Waals surface area (Å²) >= 11 is 6.04. The number of hydrogen-bond donors (Lipinski definition) is 1. The highest BCUT2D eigenvalue weighted by Crippen LogP contribution is 2.25. The minimum absolute atomic E-state index is 0.322. The van der Waals surface area contributed by atoms with Crippen molar-refractivity contribution in [2.45, 2.75) is 6.92 Å². The van der Waals surface area contributed by atoms with Gasteiger partial charge in [-0.25, -0.2) is 4.39 Å². The summed E-state index contributed by atoms with van der Waals surface area (Å²) < 4.78 is 14.7. The Labute approximate surface area is 113 Å². The summed E-state index contributed by atoms with van der Waals surface area (Å²) in [6.45, 7) is 1.80. The SMILES string of the molecule is Cc1c(Cl)nc2ncnn2c1Nc1cccc(F)c1. The first-order valence-electron chi connectivity index (χ1n) is 5.53. The summed E-state index contributed by atoms with van der Waals surface area (Å²) in [7, 11) is 0. The third-order valence-electron chi connectivity index (χ3n) is 2.69. The van der Waals surface area contributed by atoms with Gasteiger partial charge in [0.25, 0.3) is 5.78 Å². The zero-order valence-corrected chi connectivity index (χ0v) is 10.7. The highest BCUT2D eigenvalue weighted by Gasteiger charge is 2.12.